The van der Waals surface area contributed by atoms with E-state index in [1.165, 1.54) is 0 Å². The van der Waals surface area contributed by atoms with Gasteiger partial charge < -0.3 is 0 Å². The Bertz CT molecular complexity index is 192. The maximum absolute atomic E-state index is 12.4. The molecule has 0 amide bonds. The fraction of sp³-hybridized carbons (Fsp3) is 0.667. The second-order valence-electron chi connectivity index (χ2n) is 2.25. The van der Waals surface area contributed by atoms with Gasteiger partial charge in [-0.1, -0.05) is 29.1 Å². The molecule has 0 heterocycles. The predicted octanol–water partition coefficient (Wildman–Crippen LogP) is 2.45. The summed E-state index contributed by atoms with van der Waals surface area (Å²) in [5, 5.41) is 0. The van der Waals surface area contributed by atoms with Crippen LogP contribution >= 0.6 is 23.2 Å². The van der Waals surface area contributed by atoms with Crippen molar-refractivity contribution in [2.45, 2.75) is 16.7 Å². The third-order valence-corrected chi connectivity index (χ3v) is 2.67. The van der Waals surface area contributed by atoms with Gasteiger partial charge in [0.2, 0.25) is 0 Å². The minimum atomic E-state index is -3.02. The van der Waals surface area contributed by atoms with Gasteiger partial charge in [0, 0.05) is 6.42 Å². The van der Waals surface area contributed by atoms with Crippen molar-refractivity contribution in [3.8, 4) is 12.3 Å². The SMILES string of the molecule is C#CC1CC(F)(F)C1(Cl)Cl. The number of rotatable bonds is 0. The van der Waals surface area contributed by atoms with Crippen LogP contribution < -0.4 is 0 Å². The van der Waals surface area contributed by atoms with Gasteiger partial charge >= 0.3 is 0 Å². The van der Waals surface area contributed by atoms with E-state index in [0.29, 0.717) is 0 Å². The van der Waals surface area contributed by atoms with E-state index in [1.807, 2.05) is 0 Å². The van der Waals surface area contributed by atoms with Crippen molar-refractivity contribution >= 4 is 23.2 Å². The third-order valence-electron chi connectivity index (χ3n) is 1.59. The summed E-state index contributed by atoms with van der Waals surface area (Å²) in [6.07, 6.45) is 4.47. The Labute approximate surface area is 67.5 Å². The van der Waals surface area contributed by atoms with Gasteiger partial charge in [-0.25, -0.2) is 8.78 Å². The molecule has 0 nitrogen and oxygen atoms in total. The van der Waals surface area contributed by atoms with E-state index < -0.39 is 22.6 Å². The molecule has 1 aliphatic rings. The maximum Gasteiger partial charge on any atom is 0.282 e. The molecule has 4 heteroatoms. The van der Waals surface area contributed by atoms with Crippen molar-refractivity contribution in [2.75, 3.05) is 0 Å². The minimum Gasteiger partial charge on any atom is -0.203 e. The van der Waals surface area contributed by atoms with Crippen molar-refractivity contribution in [3.05, 3.63) is 0 Å². The first-order valence-corrected chi connectivity index (χ1v) is 3.39. The first-order chi connectivity index (χ1) is 4.42. The molecule has 1 atom stereocenters. The standard InChI is InChI=1S/C6H4Cl2F2/c1-2-4-3-5(9,10)6(4,7)8/h1,4H,3H2. The highest BCUT2D eigenvalue weighted by Gasteiger charge is 2.66. The fourth-order valence-corrected chi connectivity index (χ4v) is 1.24. The monoisotopic (exact) mass is 184 g/mol. The van der Waals surface area contributed by atoms with Gasteiger partial charge in [0.25, 0.3) is 5.92 Å². The molecule has 0 aromatic carbocycles. The predicted molar refractivity (Wildman–Crippen MR) is 36.3 cm³/mol. The molecule has 0 aromatic heterocycles. The summed E-state index contributed by atoms with van der Waals surface area (Å²) < 4.78 is 22.7. The summed E-state index contributed by atoms with van der Waals surface area (Å²) in [5.74, 6) is -1.63. The van der Waals surface area contributed by atoms with Crippen molar-refractivity contribution in [2.24, 2.45) is 5.92 Å². The van der Waals surface area contributed by atoms with Crippen molar-refractivity contribution in [1.29, 1.82) is 0 Å². The molecular formula is C6H4Cl2F2. The molecule has 1 fully saturated rings. The zero-order valence-corrected chi connectivity index (χ0v) is 6.39. The molecule has 1 saturated carbocycles. The van der Waals surface area contributed by atoms with Crippen molar-refractivity contribution in [3.63, 3.8) is 0 Å². The molecule has 1 rings (SSSR count). The molecule has 0 aliphatic heterocycles. The van der Waals surface area contributed by atoms with Crippen LogP contribution in [-0.4, -0.2) is 10.3 Å². The lowest BCUT2D eigenvalue weighted by Crippen LogP contribution is -2.56. The van der Waals surface area contributed by atoms with E-state index in [2.05, 4.69) is 5.92 Å². The van der Waals surface area contributed by atoms with Gasteiger partial charge in [0.1, 0.15) is 0 Å². The molecule has 0 saturated heterocycles. The van der Waals surface area contributed by atoms with E-state index in [0.717, 1.165) is 0 Å². The summed E-state index contributed by atoms with van der Waals surface area (Å²) in [6, 6.07) is 0. The van der Waals surface area contributed by atoms with Crippen LogP contribution in [0.15, 0.2) is 0 Å². The van der Waals surface area contributed by atoms with Crippen LogP contribution in [0.1, 0.15) is 6.42 Å². The Morgan fingerprint density at radius 2 is 2.00 bits per heavy atom. The average Bonchev–Trinajstić information content (AvgIpc) is 1.83. The van der Waals surface area contributed by atoms with Crippen LogP contribution in [0, 0.1) is 18.3 Å². The van der Waals surface area contributed by atoms with Gasteiger partial charge in [0.15, 0.2) is 4.33 Å². The third kappa shape index (κ3) is 0.810. The summed E-state index contributed by atoms with van der Waals surface area (Å²) in [5.41, 5.74) is 0. The second kappa shape index (κ2) is 1.99. The first kappa shape index (κ1) is 8.10. The number of hydrogen-bond acceptors (Lipinski definition) is 0. The van der Waals surface area contributed by atoms with E-state index in [1.54, 1.807) is 0 Å². The Balaban J connectivity index is 2.77. The largest absolute Gasteiger partial charge is 0.282 e. The molecule has 0 N–H and O–H groups in total. The molecule has 0 radical (unpaired) electrons. The Morgan fingerprint density at radius 3 is 2.10 bits per heavy atom. The highest BCUT2D eigenvalue weighted by Crippen LogP contribution is 2.58. The normalized spacial score (nSPS) is 34.1. The topological polar surface area (TPSA) is 0 Å². The van der Waals surface area contributed by atoms with Crippen molar-refractivity contribution < 1.29 is 8.78 Å². The Kier molecular flexibility index (Phi) is 1.61. The summed E-state index contributed by atoms with van der Waals surface area (Å²) in [7, 11) is 0. The van der Waals surface area contributed by atoms with Crippen molar-refractivity contribution in [1.82, 2.24) is 0 Å². The smallest absolute Gasteiger partial charge is 0.203 e. The van der Waals surface area contributed by atoms with Gasteiger partial charge in [0.05, 0.1) is 5.92 Å². The molecule has 0 spiro atoms. The molecule has 0 aromatic rings. The summed E-state index contributed by atoms with van der Waals surface area (Å²) >= 11 is 10.5. The van der Waals surface area contributed by atoms with E-state index in [-0.39, 0.29) is 0 Å². The lowest BCUT2D eigenvalue weighted by atomic mass is 9.81. The van der Waals surface area contributed by atoms with Crippen LogP contribution in [0.2, 0.25) is 0 Å². The van der Waals surface area contributed by atoms with Crippen LogP contribution in [0.5, 0.6) is 0 Å². The zero-order valence-electron chi connectivity index (χ0n) is 4.87. The molecule has 0 bridgehead atoms. The van der Waals surface area contributed by atoms with Gasteiger partial charge in [-0.2, -0.15) is 0 Å². The van der Waals surface area contributed by atoms with Crippen LogP contribution in [-0.2, 0) is 0 Å². The minimum absolute atomic E-state index is 0.406. The van der Waals surface area contributed by atoms with Gasteiger partial charge in [-0.15, -0.1) is 6.42 Å². The zero-order chi connectivity index (χ0) is 7.99. The number of terminal acetylenes is 1. The average molecular weight is 185 g/mol. The highest BCUT2D eigenvalue weighted by atomic mass is 35.5. The fourth-order valence-electron chi connectivity index (χ4n) is 0.808. The second-order valence-corrected chi connectivity index (χ2v) is 3.64. The molecule has 1 unspecified atom stereocenters. The molecular weight excluding hydrogens is 181 g/mol. The number of alkyl halides is 4. The Morgan fingerprint density at radius 1 is 1.50 bits per heavy atom. The Hall–Kier alpha value is -0.000000000000000111. The maximum atomic E-state index is 12.4. The van der Waals surface area contributed by atoms with Gasteiger partial charge in [-0.3, -0.25) is 0 Å². The number of hydrogen-bond donors (Lipinski definition) is 0. The quantitative estimate of drug-likeness (QED) is 0.401. The first-order valence-electron chi connectivity index (χ1n) is 2.63. The molecule has 56 valence electrons. The lowest BCUT2D eigenvalue weighted by molar-refractivity contribution is -0.105. The van der Waals surface area contributed by atoms with Crippen LogP contribution in [0.4, 0.5) is 8.78 Å². The van der Waals surface area contributed by atoms with Crippen LogP contribution in [0.3, 0.4) is 0 Å². The van der Waals surface area contributed by atoms with Gasteiger partial charge in [-0.05, 0) is 0 Å². The van der Waals surface area contributed by atoms with E-state index in [9.17, 15) is 8.78 Å². The summed E-state index contributed by atoms with van der Waals surface area (Å²) in [6.45, 7) is 0. The number of halogens is 4. The molecule has 1 aliphatic carbocycles. The highest BCUT2D eigenvalue weighted by molar-refractivity contribution is 6.50. The molecule has 10 heavy (non-hydrogen) atoms. The summed E-state index contributed by atoms with van der Waals surface area (Å²) in [4.78, 5) is 0. The van der Waals surface area contributed by atoms with Crippen LogP contribution in [0.25, 0.3) is 0 Å². The van der Waals surface area contributed by atoms with E-state index in [4.69, 9.17) is 29.6 Å². The lowest BCUT2D eigenvalue weighted by Gasteiger charge is -2.44. The van der Waals surface area contributed by atoms with E-state index >= 15 is 0 Å².